The van der Waals surface area contributed by atoms with Crippen LogP contribution in [0.25, 0.3) is 11.3 Å². The largest absolute Gasteiger partial charge is 0.464 e. The molecule has 0 aliphatic carbocycles. The number of benzene rings is 1. The first-order valence-electron chi connectivity index (χ1n) is 15.1. The molecule has 232 valence electrons. The molecule has 1 fully saturated rings. The molecule has 4 heterocycles. The summed E-state index contributed by atoms with van der Waals surface area (Å²) in [5.41, 5.74) is 4.10. The van der Waals surface area contributed by atoms with Crippen molar-refractivity contribution >= 4 is 23.3 Å². The number of carbonyl (C=O) groups is 1. The van der Waals surface area contributed by atoms with Crippen LogP contribution in [-0.4, -0.2) is 70.4 Å². The zero-order chi connectivity index (χ0) is 31.6. The van der Waals surface area contributed by atoms with Crippen LogP contribution in [0.3, 0.4) is 0 Å². The van der Waals surface area contributed by atoms with Crippen LogP contribution in [0.2, 0.25) is 0 Å². The van der Waals surface area contributed by atoms with Crippen LogP contribution < -0.4 is 16.2 Å². The maximum Gasteiger partial charge on any atom is 0.308 e. The first kappa shape index (κ1) is 31.2. The number of anilines is 3. The molecule has 0 bridgehead atoms. The van der Waals surface area contributed by atoms with Gasteiger partial charge in [-0.25, -0.2) is 9.97 Å². The number of nitrogens with one attached hydrogen (secondary N) is 2. The molecule has 2 aromatic heterocycles. The summed E-state index contributed by atoms with van der Waals surface area (Å²) in [6.45, 7) is 15.4. The van der Waals surface area contributed by atoms with Crippen molar-refractivity contribution in [3.05, 3.63) is 63.7 Å². The van der Waals surface area contributed by atoms with E-state index in [1.807, 2.05) is 26.1 Å². The fraction of sp³-hybridized carbons (Fsp3) is 0.485. The van der Waals surface area contributed by atoms with Gasteiger partial charge in [-0.15, -0.1) is 0 Å². The first-order valence-corrected chi connectivity index (χ1v) is 15.1. The zero-order valence-electron chi connectivity index (χ0n) is 26.3. The average molecular weight is 600 g/mol. The Labute approximate surface area is 258 Å². The minimum atomic E-state index is -0.514. The molecule has 2 unspecified atom stereocenters. The van der Waals surface area contributed by atoms with Gasteiger partial charge < -0.3 is 24.7 Å². The number of carbonyl (C=O) groups excluding carboxylic acids is 1. The lowest BCUT2D eigenvalue weighted by Gasteiger charge is -2.35. The molecule has 0 radical (unpaired) electrons. The summed E-state index contributed by atoms with van der Waals surface area (Å²) >= 11 is 0. The number of hydrogen-bond donors (Lipinski definition) is 2. The highest BCUT2D eigenvalue weighted by Crippen LogP contribution is 2.41. The van der Waals surface area contributed by atoms with Gasteiger partial charge in [-0.3, -0.25) is 14.5 Å². The number of aryl methyl sites for hydroxylation is 1. The van der Waals surface area contributed by atoms with Crippen molar-refractivity contribution in [3.63, 3.8) is 0 Å². The van der Waals surface area contributed by atoms with Crippen molar-refractivity contribution in [1.29, 1.82) is 5.26 Å². The van der Waals surface area contributed by atoms with E-state index in [0.717, 1.165) is 42.0 Å². The molecule has 0 saturated carbocycles. The summed E-state index contributed by atoms with van der Waals surface area (Å²) in [6.07, 6.45) is 3.82. The van der Waals surface area contributed by atoms with Gasteiger partial charge in [0.05, 0.1) is 35.1 Å². The molecule has 1 saturated heterocycles. The van der Waals surface area contributed by atoms with Crippen molar-refractivity contribution in [3.8, 4) is 17.3 Å². The summed E-state index contributed by atoms with van der Waals surface area (Å²) in [5.74, 6) is -0.211. The summed E-state index contributed by atoms with van der Waals surface area (Å²) in [5, 5.41) is 16.4. The van der Waals surface area contributed by atoms with Crippen LogP contribution in [0.5, 0.6) is 0 Å². The molecule has 11 heteroatoms. The Kier molecular flexibility index (Phi) is 9.04. The van der Waals surface area contributed by atoms with E-state index >= 15 is 0 Å². The molecular weight excluding hydrogens is 558 g/mol. The first-order chi connectivity index (χ1) is 21.0. The molecule has 2 aliphatic rings. The maximum atomic E-state index is 13.4. The number of hydrogen-bond acceptors (Lipinski definition) is 10. The Balaban J connectivity index is 1.38. The Bertz CT molecular complexity index is 1640. The smallest absolute Gasteiger partial charge is 0.308 e. The van der Waals surface area contributed by atoms with E-state index in [2.05, 4.69) is 40.4 Å². The Morgan fingerprint density at radius 3 is 2.70 bits per heavy atom. The molecule has 3 aromatic rings. The van der Waals surface area contributed by atoms with Gasteiger partial charge in [0.2, 0.25) is 5.95 Å². The number of ether oxygens (including phenoxy) is 2. The van der Waals surface area contributed by atoms with E-state index in [0.29, 0.717) is 30.0 Å². The highest BCUT2D eigenvalue weighted by molar-refractivity contribution is 5.77. The second kappa shape index (κ2) is 12.8. The van der Waals surface area contributed by atoms with Gasteiger partial charge >= 0.3 is 5.97 Å². The van der Waals surface area contributed by atoms with E-state index in [1.54, 1.807) is 42.8 Å². The second-order valence-electron chi connectivity index (χ2n) is 12.6. The molecule has 1 aromatic carbocycles. The lowest BCUT2D eigenvalue weighted by molar-refractivity contribution is -0.148. The number of fused-ring (bicyclic) bond motifs is 1. The van der Waals surface area contributed by atoms with Crippen LogP contribution in [-0.2, 0) is 26.2 Å². The van der Waals surface area contributed by atoms with Crippen molar-refractivity contribution in [1.82, 2.24) is 19.4 Å². The van der Waals surface area contributed by atoms with E-state index < -0.39 is 5.41 Å². The summed E-state index contributed by atoms with van der Waals surface area (Å²) in [6, 6.07) is 9.63. The summed E-state index contributed by atoms with van der Waals surface area (Å²) in [4.78, 5) is 37.1. The standard InChI is InChI=1S/C33H41N7O4/c1-20(2)31(42)43-19-33(6)18-36-29-25(14-34)12-24(13-26(29)33)27-7-8-35-32(37-27)38-28-11-21(3)15-40(30(28)41)10-9-39-16-22(4)44-23(5)17-39/h7-8,11-13,15,20,22-23,36H,9-10,16-19H2,1-6H3,(H,35,37,38)/t22?,23?,33-/m1/s1. The third-order valence-electron chi connectivity index (χ3n) is 8.14. The third kappa shape index (κ3) is 6.77. The molecule has 2 N–H and O–H groups in total. The van der Waals surface area contributed by atoms with Crippen LogP contribution >= 0.6 is 0 Å². The molecule has 0 amide bonds. The SMILES string of the molecule is Cc1cc(Nc2nccc(-c3cc(C#N)c4c(c3)[C@@](C)(COC(=O)C(C)C)CN4)n2)c(=O)n(CCN2CC(C)OC(C)C2)c1. The van der Waals surface area contributed by atoms with Crippen LogP contribution in [0, 0.1) is 24.2 Å². The average Bonchev–Trinajstić information content (AvgIpc) is 3.32. The lowest BCUT2D eigenvalue weighted by Crippen LogP contribution is -2.46. The molecule has 44 heavy (non-hydrogen) atoms. The highest BCUT2D eigenvalue weighted by atomic mass is 16.5. The van der Waals surface area contributed by atoms with E-state index in [4.69, 9.17) is 14.5 Å². The highest BCUT2D eigenvalue weighted by Gasteiger charge is 2.38. The third-order valence-corrected chi connectivity index (χ3v) is 8.14. The number of rotatable bonds is 9. The number of aromatic nitrogens is 3. The van der Waals surface area contributed by atoms with Gasteiger partial charge in [-0.1, -0.05) is 20.8 Å². The predicted molar refractivity (Wildman–Crippen MR) is 169 cm³/mol. The van der Waals surface area contributed by atoms with Crippen LogP contribution in [0.4, 0.5) is 17.3 Å². The van der Waals surface area contributed by atoms with Gasteiger partial charge in [0, 0.05) is 56.1 Å². The lowest BCUT2D eigenvalue weighted by atomic mass is 9.83. The fourth-order valence-corrected chi connectivity index (χ4v) is 5.91. The monoisotopic (exact) mass is 599 g/mol. The normalized spacial score (nSPS) is 21.4. The van der Waals surface area contributed by atoms with E-state index in [9.17, 15) is 14.9 Å². The maximum absolute atomic E-state index is 13.4. The second-order valence-corrected chi connectivity index (χ2v) is 12.6. The number of morpholine rings is 1. The van der Waals surface area contributed by atoms with Gasteiger partial charge in [-0.2, -0.15) is 5.26 Å². The quantitative estimate of drug-likeness (QED) is 0.344. The molecular formula is C33H41N7O4. The fourth-order valence-electron chi connectivity index (χ4n) is 5.91. The molecule has 2 aliphatic heterocycles. The molecule has 0 spiro atoms. The number of nitrogens with zero attached hydrogens (tertiary/aromatic N) is 5. The molecule has 3 atom stereocenters. The number of esters is 1. The van der Waals surface area contributed by atoms with Crippen molar-refractivity contribution in [2.24, 2.45) is 5.92 Å². The topological polar surface area (TPSA) is 134 Å². The number of nitriles is 1. The summed E-state index contributed by atoms with van der Waals surface area (Å²) < 4.78 is 13.2. The Morgan fingerprint density at radius 2 is 2.00 bits per heavy atom. The van der Waals surface area contributed by atoms with Gasteiger partial charge in [0.15, 0.2) is 0 Å². The van der Waals surface area contributed by atoms with Gasteiger partial charge in [0.25, 0.3) is 5.56 Å². The van der Waals surface area contributed by atoms with Crippen LogP contribution in [0.1, 0.15) is 51.3 Å². The van der Waals surface area contributed by atoms with Crippen molar-refractivity contribution < 1.29 is 14.3 Å². The molecule has 11 nitrogen and oxygen atoms in total. The van der Waals surface area contributed by atoms with Crippen LogP contribution in [0.15, 0.2) is 41.5 Å². The zero-order valence-corrected chi connectivity index (χ0v) is 26.3. The Hall–Kier alpha value is -4.27. The van der Waals surface area contributed by atoms with E-state index in [-0.39, 0.29) is 42.2 Å². The Morgan fingerprint density at radius 1 is 1.25 bits per heavy atom. The van der Waals surface area contributed by atoms with E-state index in [1.165, 1.54) is 0 Å². The number of pyridine rings is 1. The minimum Gasteiger partial charge on any atom is -0.464 e. The minimum absolute atomic E-state index is 0.152. The molecule has 5 rings (SSSR count). The van der Waals surface area contributed by atoms with Crippen molar-refractivity contribution in [2.45, 2.75) is 65.7 Å². The van der Waals surface area contributed by atoms with Gasteiger partial charge in [-0.05, 0) is 56.2 Å². The van der Waals surface area contributed by atoms with Crippen molar-refractivity contribution in [2.75, 3.05) is 43.4 Å². The predicted octanol–water partition coefficient (Wildman–Crippen LogP) is 4.22. The van der Waals surface area contributed by atoms with Gasteiger partial charge in [0.1, 0.15) is 18.4 Å². The summed E-state index contributed by atoms with van der Waals surface area (Å²) in [7, 11) is 0.